The molecule has 9 aromatic carbocycles. The molecule has 0 saturated heterocycles. The van der Waals surface area contributed by atoms with Gasteiger partial charge in [0.1, 0.15) is 22.3 Å². The minimum absolute atomic E-state index is 0.195. The largest absolute Gasteiger partial charge is 0.456 e. The summed E-state index contributed by atoms with van der Waals surface area (Å²) in [6.45, 7) is 4.70. The minimum atomic E-state index is -0.195. The summed E-state index contributed by atoms with van der Waals surface area (Å²) >= 11 is 0. The van der Waals surface area contributed by atoms with Crippen LogP contribution in [0.4, 0.5) is 0 Å². The molecule has 4 heteroatoms. The monoisotopic (exact) mass is 780 g/mol. The second-order valence-electron chi connectivity index (χ2n) is 17.3. The number of hydrogen-bond donors (Lipinski definition) is 0. The van der Waals surface area contributed by atoms with Gasteiger partial charge in [0.15, 0.2) is 0 Å². The lowest BCUT2D eigenvalue weighted by molar-refractivity contribution is 0.653. The van der Waals surface area contributed by atoms with Crippen LogP contribution >= 0.6 is 0 Å². The van der Waals surface area contributed by atoms with Crippen LogP contribution in [-0.2, 0) is 5.41 Å². The molecular weight excluding hydrogens is 745 g/mol. The topological polar surface area (TPSA) is 36.1 Å². The van der Waals surface area contributed by atoms with E-state index in [0.717, 1.165) is 49.9 Å². The summed E-state index contributed by atoms with van der Waals surface area (Å²) < 4.78 is 17.7. The van der Waals surface area contributed by atoms with E-state index in [2.05, 4.69) is 187 Å². The molecule has 14 rings (SSSR count). The second-order valence-corrected chi connectivity index (χ2v) is 17.3. The Hall–Kier alpha value is -7.82. The number of fused-ring (bicyclic) bond motifs is 16. The summed E-state index contributed by atoms with van der Waals surface area (Å²) in [5, 5.41) is 9.53. The third-order valence-electron chi connectivity index (χ3n) is 13.7. The zero-order valence-corrected chi connectivity index (χ0v) is 33.5. The summed E-state index contributed by atoms with van der Waals surface area (Å²) in [4.78, 5) is 0. The van der Waals surface area contributed by atoms with Crippen LogP contribution in [0.25, 0.3) is 121 Å². The Morgan fingerprint density at radius 1 is 0.361 bits per heavy atom. The van der Waals surface area contributed by atoms with Crippen molar-refractivity contribution >= 4 is 87.5 Å². The van der Waals surface area contributed by atoms with Crippen LogP contribution in [0.1, 0.15) is 25.0 Å². The molecule has 1 aliphatic rings. The van der Waals surface area contributed by atoms with Gasteiger partial charge in [-0.25, -0.2) is 0 Å². The highest BCUT2D eigenvalue weighted by Gasteiger charge is 2.38. The maximum atomic E-state index is 6.60. The maximum absolute atomic E-state index is 6.60. The van der Waals surface area contributed by atoms with Gasteiger partial charge in [0.2, 0.25) is 0 Å². The summed E-state index contributed by atoms with van der Waals surface area (Å²) in [6.07, 6.45) is 0. The van der Waals surface area contributed by atoms with Gasteiger partial charge in [-0.2, -0.15) is 0 Å². The van der Waals surface area contributed by atoms with Crippen molar-refractivity contribution in [3.8, 4) is 33.6 Å². The van der Waals surface area contributed by atoms with E-state index in [1.54, 1.807) is 0 Å². The van der Waals surface area contributed by atoms with Crippen molar-refractivity contribution in [3.63, 3.8) is 0 Å². The van der Waals surface area contributed by atoms with Crippen molar-refractivity contribution in [1.29, 1.82) is 0 Å². The summed E-state index contributed by atoms with van der Waals surface area (Å²) in [5.41, 5.74) is 18.0. The standard InChI is InChI=1S/C57H36N2O2/c1-57(2)46-26-25-42-40-13-5-10-18-53(40)61-56(42)55(46)43-24-21-36(32-47(43)57)58-49-16-8-4-12-38(49)44-29-33(20-27-50(44)58)34-19-23-39-37-11-3-7-15-48(37)59(51(39)30-34)35-22-28-54-45(31-35)41-14-6-9-17-52(41)60-54/h3-32H,1-2H3. The third kappa shape index (κ3) is 4.38. The maximum Gasteiger partial charge on any atom is 0.143 e. The molecule has 0 N–H and O–H groups in total. The normalized spacial score (nSPS) is 13.5. The number of aromatic nitrogens is 2. The summed E-state index contributed by atoms with van der Waals surface area (Å²) in [6, 6.07) is 66.3. The van der Waals surface area contributed by atoms with Crippen molar-refractivity contribution in [2.75, 3.05) is 0 Å². The molecule has 13 aromatic rings. The fraction of sp³-hybridized carbons (Fsp3) is 0.0526. The van der Waals surface area contributed by atoms with Crippen molar-refractivity contribution < 1.29 is 8.83 Å². The van der Waals surface area contributed by atoms with E-state index in [4.69, 9.17) is 8.83 Å². The first-order valence-electron chi connectivity index (χ1n) is 21.1. The molecule has 0 aliphatic heterocycles. The average molecular weight is 781 g/mol. The lowest BCUT2D eigenvalue weighted by atomic mass is 9.82. The van der Waals surface area contributed by atoms with E-state index in [-0.39, 0.29) is 5.41 Å². The number of furan rings is 2. The zero-order valence-electron chi connectivity index (χ0n) is 33.5. The molecule has 4 aromatic heterocycles. The van der Waals surface area contributed by atoms with Crippen molar-refractivity contribution in [2.24, 2.45) is 0 Å². The molecule has 0 saturated carbocycles. The summed E-state index contributed by atoms with van der Waals surface area (Å²) in [5.74, 6) is 0. The van der Waals surface area contributed by atoms with Gasteiger partial charge in [-0.3, -0.25) is 0 Å². The Balaban J connectivity index is 0.931. The predicted octanol–water partition coefficient (Wildman–Crippen LogP) is 15.7. The molecule has 0 radical (unpaired) electrons. The van der Waals surface area contributed by atoms with Crippen LogP contribution in [0.2, 0.25) is 0 Å². The molecule has 0 unspecified atom stereocenters. The molecule has 0 bridgehead atoms. The van der Waals surface area contributed by atoms with Crippen LogP contribution in [-0.4, -0.2) is 9.13 Å². The van der Waals surface area contributed by atoms with Gasteiger partial charge in [-0.1, -0.05) is 123 Å². The molecule has 4 heterocycles. The molecule has 286 valence electrons. The first-order chi connectivity index (χ1) is 30.0. The molecule has 4 nitrogen and oxygen atoms in total. The molecule has 1 aliphatic carbocycles. The average Bonchev–Trinajstić information content (AvgIpc) is 4.09. The van der Waals surface area contributed by atoms with Crippen molar-refractivity contribution in [1.82, 2.24) is 9.13 Å². The Labute approximate surface area is 350 Å². The quantitative estimate of drug-likeness (QED) is 0.179. The Morgan fingerprint density at radius 3 is 1.72 bits per heavy atom. The molecule has 61 heavy (non-hydrogen) atoms. The highest BCUT2D eigenvalue weighted by atomic mass is 16.3. The van der Waals surface area contributed by atoms with E-state index >= 15 is 0 Å². The third-order valence-corrected chi connectivity index (χ3v) is 13.7. The highest BCUT2D eigenvalue weighted by Crippen LogP contribution is 2.53. The van der Waals surface area contributed by atoms with Crippen LogP contribution in [0.5, 0.6) is 0 Å². The number of hydrogen-bond acceptors (Lipinski definition) is 2. The Morgan fingerprint density at radius 2 is 0.918 bits per heavy atom. The van der Waals surface area contributed by atoms with Crippen molar-refractivity contribution in [2.45, 2.75) is 19.3 Å². The van der Waals surface area contributed by atoms with Gasteiger partial charge >= 0.3 is 0 Å². The fourth-order valence-electron chi connectivity index (χ4n) is 10.8. The molecule has 0 fully saturated rings. The van der Waals surface area contributed by atoms with Crippen molar-refractivity contribution in [3.05, 3.63) is 193 Å². The minimum Gasteiger partial charge on any atom is -0.456 e. The number of rotatable bonds is 3. The predicted molar refractivity (Wildman–Crippen MR) is 253 cm³/mol. The SMILES string of the molecule is CC1(C)c2cc(-n3c4ccccc4c4cc(-c5ccc6c7ccccc7n(-c7ccc8oc9ccccc9c8c7)c6c5)ccc43)ccc2-c2c1ccc1c2oc2ccccc21. The van der Waals surface area contributed by atoms with Gasteiger partial charge in [0.05, 0.1) is 22.1 Å². The van der Waals surface area contributed by atoms with Gasteiger partial charge in [-0.15, -0.1) is 0 Å². The van der Waals surface area contributed by atoms with E-state index in [0.29, 0.717) is 0 Å². The summed E-state index contributed by atoms with van der Waals surface area (Å²) in [7, 11) is 0. The highest BCUT2D eigenvalue weighted by molar-refractivity contribution is 6.14. The van der Waals surface area contributed by atoms with Gasteiger partial charge in [-0.05, 0) is 101 Å². The van der Waals surface area contributed by atoms with E-state index in [9.17, 15) is 0 Å². The second kappa shape index (κ2) is 11.7. The van der Waals surface area contributed by atoms with Crippen LogP contribution < -0.4 is 0 Å². The van der Waals surface area contributed by atoms with Gasteiger partial charge in [0, 0.05) is 65.4 Å². The fourth-order valence-corrected chi connectivity index (χ4v) is 10.8. The van der Waals surface area contributed by atoms with E-state index in [1.165, 1.54) is 82.4 Å². The molecule has 0 amide bonds. The van der Waals surface area contributed by atoms with Crippen LogP contribution in [0.15, 0.2) is 191 Å². The Kier molecular flexibility index (Phi) is 6.33. The van der Waals surface area contributed by atoms with E-state index in [1.807, 2.05) is 18.2 Å². The number of nitrogens with zero attached hydrogens (tertiary/aromatic N) is 2. The molecule has 0 spiro atoms. The van der Waals surface area contributed by atoms with Crippen LogP contribution in [0, 0.1) is 0 Å². The smallest absolute Gasteiger partial charge is 0.143 e. The first kappa shape index (κ1) is 33.1. The van der Waals surface area contributed by atoms with E-state index < -0.39 is 0 Å². The lowest BCUT2D eigenvalue weighted by Crippen LogP contribution is -2.15. The molecule has 0 atom stereocenters. The number of benzene rings is 9. The molecular formula is C57H36N2O2. The first-order valence-corrected chi connectivity index (χ1v) is 21.1. The van der Waals surface area contributed by atoms with Crippen LogP contribution in [0.3, 0.4) is 0 Å². The zero-order chi connectivity index (χ0) is 40.1. The lowest BCUT2D eigenvalue weighted by Gasteiger charge is -2.22. The van der Waals surface area contributed by atoms with Gasteiger partial charge in [0.25, 0.3) is 0 Å². The number of para-hydroxylation sites is 4. The Bertz CT molecular complexity index is 4040. The van der Waals surface area contributed by atoms with Gasteiger partial charge < -0.3 is 18.0 Å².